The number of nitrogens with one attached hydrogen (secondary N) is 1. The Balaban J connectivity index is 1.53. The van der Waals surface area contributed by atoms with E-state index in [2.05, 4.69) is 5.32 Å². The molecule has 4 nitrogen and oxygen atoms in total. The lowest BCUT2D eigenvalue weighted by molar-refractivity contribution is -0.122. The number of rotatable bonds is 6. The van der Waals surface area contributed by atoms with Crippen LogP contribution in [0.4, 0.5) is 10.1 Å². The van der Waals surface area contributed by atoms with E-state index in [9.17, 15) is 14.0 Å². The quantitative estimate of drug-likeness (QED) is 0.575. The Bertz CT molecular complexity index is 883. The first-order valence-electron chi connectivity index (χ1n) is 8.39. The molecule has 2 aromatic rings. The molecule has 1 aliphatic rings. The largest absolute Gasteiger partial charge is 0.326 e. The lowest BCUT2D eigenvalue weighted by Crippen LogP contribution is -2.29. The number of para-hydroxylation sites is 1. The molecule has 0 bridgehead atoms. The number of thiocarbonyl (C=S) groups is 1. The van der Waals surface area contributed by atoms with Crippen molar-refractivity contribution < 1.29 is 14.0 Å². The van der Waals surface area contributed by atoms with E-state index in [0.29, 0.717) is 28.6 Å². The molecule has 0 aliphatic carbocycles. The highest BCUT2D eigenvalue weighted by Crippen LogP contribution is 2.32. The van der Waals surface area contributed by atoms with Crippen LogP contribution in [0.3, 0.4) is 0 Å². The zero-order valence-corrected chi connectivity index (χ0v) is 16.0. The van der Waals surface area contributed by atoms with E-state index in [1.807, 2.05) is 30.3 Å². The number of halogens is 1. The van der Waals surface area contributed by atoms with Gasteiger partial charge in [-0.2, -0.15) is 0 Å². The number of hydrogen-bond donors (Lipinski definition) is 1. The third kappa shape index (κ3) is 5.24. The molecular weight excluding hydrogens is 383 g/mol. The maximum atomic E-state index is 13.0. The topological polar surface area (TPSA) is 49.4 Å². The van der Waals surface area contributed by atoms with Crippen molar-refractivity contribution in [2.75, 3.05) is 11.9 Å². The van der Waals surface area contributed by atoms with Gasteiger partial charge in [-0.25, -0.2) is 4.39 Å². The molecule has 0 spiro atoms. The highest BCUT2D eigenvalue weighted by Gasteiger charge is 2.31. The minimum absolute atomic E-state index is 0.103. The SMILES string of the molecule is O=C(CCCN1C(=O)/C(=C/c2ccc(F)cc2)SC1=S)Nc1ccccc1. The van der Waals surface area contributed by atoms with Crippen LogP contribution in [0.2, 0.25) is 0 Å². The Morgan fingerprint density at radius 3 is 2.56 bits per heavy atom. The number of benzene rings is 2. The van der Waals surface area contributed by atoms with Gasteiger partial charge in [0.15, 0.2) is 0 Å². The van der Waals surface area contributed by atoms with Crippen LogP contribution in [0.1, 0.15) is 18.4 Å². The smallest absolute Gasteiger partial charge is 0.266 e. The number of hydrogen-bond acceptors (Lipinski definition) is 4. The number of thioether (sulfide) groups is 1. The van der Waals surface area contributed by atoms with Gasteiger partial charge < -0.3 is 5.32 Å². The Kier molecular flexibility index (Phi) is 6.36. The zero-order chi connectivity index (χ0) is 19.2. The maximum Gasteiger partial charge on any atom is 0.266 e. The van der Waals surface area contributed by atoms with Gasteiger partial charge in [-0.15, -0.1) is 0 Å². The fourth-order valence-corrected chi connectivity index (χ4v) is 3.85. The van der Waals surface area contributed by atoms with Gasteiger partial charge in [0, 0.05) is 18.7 Å². The van der Waals surface area contributed by atoms with Crippen molar-refractivity contribution in [3.63, 3.8) is 0 Å². The number of amides is 2. The van der Waals surface area contributed by atoms with Crippen LogP contribution < -0.4 is 5.32 Å². The molecular formula is C20H17FN2O2S2. The first-order valence-corrected chi connectivity index (χ1v) is 9.61. The number of carbonyl (C=O) groups excluding carboxylic acids is 2. The Labute approximate surface area is 166 Å². The molecule has 1 heterocycles. The second kappa shape index (κ2) is 8.92. The first-order chi connectivity index (χ1) is 13.0. The van der Waals surface area contributed by atoms with E-state index < -0.39 is 0 Å². The molecule has 1 N–H and O–H groups in total. The monoisotopic (exact) mass is 400 g/mol. The fraction of sp³-hybridized carbons (Fsp3) is 0.150. The van der Waals surface area contributed by atoms with E-state index in [1.54, 1.807) is 18.2 Å². The maximum absolute atomic E-state index is 13.0. The number of anilines is 1. The van der Waals surface area contributed by atoms with Gasteiger partial charge >= 0.3 is 0 Å². The van der Waals surface area contributed by atoms with Gasteiger partial charge in [0.2, 0.25) is 5.91 Å². The molecule has 0 aromatic heterocycles. The van der Waals surface area contributed by atoms with Crippen LogP contribution in [0.5, 0.6) is 0 Å². The summed E-state index contributed by atoms with van der Waals surface area (Å²) in [5, 5.41) is 2.81. The average molecular weight is 401 g/mol. The Morgan fingerprint density at radius 1 is 1.15 bits per heavy atom. The van der Waals surface area contributed by atoms with E-state index in [4.69, 9.17) is 12.2 Å². The predicted octanol–water partition coefficient (Wildman–Crippen LogP) is 4.45. The predicted molar refractivity (Wildman–Crippen MR) is 111 cm³/mol. The van der Waals surface area contributed by atoms with Crippen LogP contribution in [0, 0.1) is 5.82 Å². The fourth-order valence-electron chi connectivity index (χ4n) is 2.55. The van der Waals surface area contributed by atoms with Gasteiger partial charge in [0.1, 0.15) is 10.1 Å². The molecule has 1 fully saturated rings. The second-order valence-corrected chi connectivity index (χ2v) is 7.58. The summed E-state index contributed by atoms with van der Waals surface area (Å²) in [5.74, 6) is -0.611. The molecule has 0 unspecified atom stereocenters. The van der Waals surface area contributed by atoms with Crippen LogP contribution in [0.25, 0.3) is 6.08 Å². The van der Waals surface area contributed by atoms with Crippen molar-refractivity contribution in [2.45, 2.75) is 12.8 Å². The van der Waals surface area contributed by atoms with E-state index in [1.165, 1.54) is 28.8 Å². The molecule has 1 saturated heterocycles. The van der Waals surface area contributed by atoms with Crippen molar-refractivity contribution in [2.24, 2.45) is 0 Å². The number of nitrogens with zero attached hydrogens (tertiary/aromatic N) is 1. The molecule has 7 heteroatoms. The normalized spacial score (nSPS) is 15.4. The molecule has 0 saturated carbocycles. The summed E-state index contributed by atoms with van der Waals surface area (Å²) >= 11 is 6.50. The van der Waals surface area contributed by atoms with Crippen molar-refractivity contribution >= 4 is 51.9 Å². The van der Waals surface area contributed by atoms with Crippen molar-refractivity contribution in [1.29, 1.82) is 0 Å². The second-order valence-electron chi connectivity index (χ2n) is 5.90. The summed E-state index contributed by atoms with van der Waals surface area (Å²) in [4.78, 5) is 26.5. The van der Waals surface area contributed by atoms with Crippen LogP contribution in [0.15, 0.2) is 59.5 Å². The standard InChI is InChI=1S/C20H17FN2O2S2/c21-15-10-8-14(9-11-15)13-17-19(25)23(20(26)27-17)12-4-7-18(24)22-16-5-2-1-3-6-16/h1-3,5-6,8-11,13H,4,7,12H2,(H,22,24)/b17-13-. The van der Waals surface area contributed by atoms with Gasteiger partial charge in [-0.3, -0.25) is 14.5 Å². The zero-order valence-electron chi connectivity index (χ0n) is 14.4. The third-order valence-corrected chi connectivity index (χ3v) is 5.26. The molecule has 0 radical (unpaired) electrons. The summed E-state index contributed by atoms with van der Waals surface area (Å²) in [6, 6.07) is 15.1. The Morgan fingerprint density at radius 2 is 1.85 bits per heavy atom. The van der Waals surface area contributed by atoms with Crippen molar-refractivity contribution in [1.82, 2.24) is 4.90 Å². The Hall–Kier alpha value is -2.51. The minimum Gasteiger partial charge on any atom is -0.326 e. The number of carbonyl (C=O) groups is 2. The van der Waals surface area contributed by atoms with Crippen LogP contribution in [-0.2, 0) is 9.59 Å². The van der Waals surface area contributed by atoms with Gasteiger partial charge in [-0.05, 0) is 42.3 Å². The van der Waals surface area contributed by atoms with E-state index >= 15 is 0 Å². The molecule has 27 heavy (non-hydrogen) atoms. The molecule has 138 valence electrons. The highest BCUT2D eigenvalue weighted by molar-refractivity contribution is 8.26. The molecule has 3 rings (SSSR count). The molecule has 0 atom stereocenters. The molecule has 2 aromatic carbocycles. The van der Waals surface area contributed by atoms with Gasteiger partial charge in [0.25, 0.3) is 5.91 Å². The van der Waals surface area contributed by atoms with E-state index in [-0.39, 0.29) is 17.6 Å². The summed E-state index contributed by atoms with van der Waals surface area (Å²) in [6.45, 7) is 0.383. The van der Waals surface area contributed by atoms with Crippen molar-refractivity contribution in [3.05, 3.63) is 70.9 Å². The van der Waals surface area contributed by atoms with Gasteiger partial charge in [0.05, 0.1) is 4.91 Å². The highest BCUT2D eigenvalue weighted by atomic mass is 32.2. The summed E-state index contributed by atoms with van der Waals surface area (Å²) in [5.41, 5.74) is 1.48. The lowest BCUT2D eigenvalue weighted by Gasteiger charge is -2.14. The summed E-state index contributed by atoms with van der Waals surface area (Å²) in [6.07, 6.45) is 2.50. The van der Waals surface area contributed by atoms with Gasteiger partial charge in [-0.1, -0.05) is 54.3 Å². The summed E-state index contributed by atoms with van der Waals surface area (Å²) in [7, 11) is 0. The third-order valence-electron chi connectivity index (χ3n) is 3.88. The molecule has 1 aliphatic heterocycles. The van der Waals surface area contributed by atoms with E-state index in [0.717, 1.165) is 11.3 Å². The molecule has 2 amide bonds. The van der Waals surface area contributed by atoms with Crippen LogP contribution in [-0.4, -0.2) is 27.6 Å². The summed E-state index contributed by atoms with van der Waals surface area (Å²) < 4.78 is 13.5. The minimum atomic E-state index is -0.325. The van der Waals surface area contributed by atoms with Crippen molar-refractivity contribution in [3.8, 4) is 0 Å². The lowest BCUT2D eigenvalue weighted by atomic mass is 10.2. The van der Waals surface area contributed by atoms with Crippen LogP contribution >= 0.6 is 24.0 Å². The average Bonchev–Trinajstić information content (AvgIpc) is 2.92. The first kappa shape index (κ1) is 19.3.